The van der Waals surface area contributed by atoms with Crippen molar-refractivity contribution in [3.63, 3.8) is 0 Å². The number of nitrogens with one attached hydrogen (secondary N) is 6. The molecule has 76 heavy (non-hydrogen) atoms. The highest BCUT2D eigenvalue weighted by Gasteiger charge is 2.48. The van der Waals surface area contributed by atoms with Gasteiger partial charge in [-0.05, 0) is 129 Å². The van der Waals surface area contributed by atoms with E-state index >= 15 is 0 Å². The zero-order valence-corrected chi connectivity index (χ0v) is 46.3. The monoisotopic (exact) mass is 1040 g/mol. The predicted octanol–water partition coefficient (Wildman–Crippen LogP) is 6.28. The molecule has 3 aromatic carbocycles. The minimum Gasteiger partial charge on any atom is -0.347 e. The number of hydrogen-bond donors (Lipinski definition) is 6. The maximum atomic E-state index is 14.7. The second-order valence-electron chi connectivity index (χ2n) is 23.9. The van der Waals surface area contributed by atoms with Gasteiger partial charge in [-0.25, -0.2) is 0 Å². The maximum Gasteiger partial charge on any atom is 0.251 e. The van der Waals surface area contributed by atoms with Gasteiger partial charge in [-0.15, -0.1) is 0 Å². The molecule has 16 heteroatoms. The molecule has 3 aromatic rings. The molecule has 2 aliphatic heterocycles. The number of aryl methyl sites for hydroxylation is 2. The summed E-state index contributed by atoms with van der Waals surface area (Å²) in [6, 6.07) is 17.3. The van der Waals surface area contributed by atoms with E-state index in [1.807, 2.05) is 91.8 Å². The van der Waals surface area contributed by atoms with Gasteiger partial charge >= 0.3 is 0 Å². The summed E-state index contributed by atoms with van der Waals surface area (Å²) < 4.78 is 0. The van der Waals surface area contributed by atoms with Gasteiger partial charge in [-0.1, -0.05) is 104 Å². The van der Waals surface area contributed by atoms with Crippen LogP contribution in [0.3, 0.4) is 0 Å². The van der Waals surface area contributed by atoms with Gasteiger partial charge in [0, 0.05) is 54.6 Å². The van der Waals surface area contributed by atoms with Crippen molar-refractivity contribution in [1.82, 2.24) is 41.7 Å². The van der Waals surface area contributed by atoms with Crippen LogP contribution in [0.4, 0.5) is 0 Å². The lowest BCUT2D eigenvalue weighted by Gasteiger charge is -2.36. The van der Waals surface area contributed by atoms with E-state index in [0.29, 0.717) is 6.42 Å². The van der Waals surface area contributed by atoms with Crippen molar-refractivity contribution in [3.8, 4) is 0 Å². The van der Waals surface area contributed by atoms with E-state index in [1.165, 1.54) is 40.3 Å². The van der Waals surface area contributed by atoms with E-state index in [9.17, 15) is 38.4 Å². The van der Waals surface area contributed by atoms with Gasteiger partial charge in [0.2, 0.25) is 29.5 Å². The van der Waals surface area contributed by atoms with Crippen LogP contribution in [0.15, 0.2) is 72.8 Å². The van der Waals surface area contributed by atoms with Crippen LogP contribution >= 0.6 is 0 Å². The van der Waals surface area contributed by atoms with E-state index < -0.39 is 70.7 Å². The Bertz CT molecular complexity index is 2460. The number of likely N-dealkylation sites (N-methyl/N-ethyl adjacent to an activating group) is 1. The number of amides is 7. The largest absolute Gasteiger partial charge is 0.347 e. The Balaban J connectivity index is 1.06. The fourth-order valence-electron chi connectivity index (χ4n) is 11.3. The summed E-state index contributed by atoms with van der Waals surface area (Å²) in [6.45, 7) is 16.9. The molecule has 6 N–H and O–H groups in total. The van der Waals surface area contributed by atoms with Crippen LogP contribution < -0.4 is 31.9 Å². The zero-order valence-electron chi connectivity index (χ0n) is 46.3. The molecule has 16 nitrogen and oxygen atoms in total. The van der Waals surface area contributed by atoms with Crippen molar-refractivity contribution in [2.24, 2.45) is 22.7 Å². The third-order valence-electron chi connectivity index (χ3n) is 16.3. The number of carbonyl (C=O) groups excluding carboxylic acids is 8. The van der Waals surface area contributed by atoms with Crippen molar-refractivity contribution in [1.29, 1.82) is 0 Å². The molecule has 10 atom stereocenters. The van der Waals surface area contributed by atoms with Gasteiger partial charge in [-0.3, -0.25) is 38.4 Å². The SMILES string of the molecule is CC[C@@H](C)C(=O)N[C@H](C(=O)N1CC(NC(=O)c2ccc(C(=O)N[C@H]3C[C@@H](C(=O)N[C@@H]4CCCc5ccccc54)N(C(=O)[C@@H](CC(=O)[C@H](C)NC)C(C)(C)C)C3)cc2)C[C@H]1C(=O)N[C@@H]1CCCc2ccccc21)C(C)(C)C. The van der Waals surface area contributed by atoms with Crippen LogP contribution in [0, 0.1) is 22.7 Å². The first-order valence-corrected chi connectivity index (χ1v) is 27.6. The average Bonchev–Trinajstić information content (AvgIpc) is 4.03. The highest BCUT2D eigenvalue weighted by molar-refractivity contribution is 5.99. The Morgan fingerprint density at radius 3 is 1.47 bits per heavy atom. The van der Waals surface area contributed by atoms with Crippen molar-refractivity contribution in [2.45, 2.75) is 175 Å². The third-order valence-corrected chi connectivity index (χ3v) is 16.3. The Kier molecular flexibility index (Phi) is 18.3. The second-order valence-corrected chi connectivity index (χ2v) is 23.9. The lowest BCUT2D eigenvalue weighted by atomic mass is 9.76. The molecule has 0 aromatic heterocycles. The van der Waals surface area contributed by atoms with Gasteiger partial charge in [0.15, 0.2) is 0 Å². The molecule has 4 aliphatic rings. The minimum atomic E-state index is -0.938. The van der Waals surface area contributed by atoms with E-state index in [1.54, 1.807) is 18.9 Å². The Labute approximate surface area is 449 Å². The van der Waals surface area contributed by atoms with Gasteiger partial charge < -0.3 is 41.7 Å². The van der Waals surface area contributed by atoms with Crippen molar-refractivity contribution in [3.05, 3.63) is 106 Å². The standard InChI is InChI=1S/C60H82N8O8/c1-11-35(2)52(70)66-51(60(7,8)9)58(76)68-34-42(31-49(68)56(74)65-47-25-17-21-38-19-13-15-23-44(38)47)63-54(72)40-28-26-39(27-29-40)53(71)62-41-30-48(55(73)64-46-24-16-20-37-18-12-14-22-43(37)46)67(33-41)57(75)45(59(4,5)6)32-50(69)36(3)61-10/h12-15,18-19,22-23,26-29,35-36,41-42,45-49,51,61H,11,16-17,20-21,24-25,30-34H2,1-10H3,(H,62,71)(H,63,72)(H,64,73)(H,65,74)(H,66,70)/t35-,36+,41+,42?,45-,46-,47-,48+,49+,51-/m1/s1. The highest BCUT2D eigenvalue weighted by Crippen LogP contribution is 2.36. The first kappa shape index (κ1) is 57.3. The molecular formula is C60H82N8O8. The van der Waals surface area contributed by atoms with Crippen LogP contribution in [-0.4, -0.2) is 113 Å². The summed E-state index contributed by atoms with van der Waals surface area (Å²) in [7, 11) is 1.70. The molecule has 2 aliphatic carbocycles. The zero-order chi connectivity index (χ0) is 55.2. The number of ketones is 1. The van der Waals surface area contributed by atoms with E-state index in [0.717, 1.165) is 49.7 Å². The summed E-state index contributed by atoms with van der Waals surface area (Å²) in [5.41, 5.74) is 3.65. The number of rotatable bonds is 17. The van der Waals surface area contributed by atoms with Crippen LogP contribution in [0.25, 0.3) is 0 Å². The van der Waals surface area contributed by atoms with Crippen LogP contribution in [0.5, 0.6) is 0 Å². The summed E-state index contributed by atoms with van der Waals surface area (Å²) >= 11 is 0. The fourth-order valence-corrected chi connectivity index (χ4v) is 11.3. The third kappa shape index (κ3) is 13.4. The maximum absolute atomic E-state index is 14.7. The molecule has 0 bridgehead atoms. The number of hydrogen-bond acceptors (Lipinski definition) is 9. The topological polar surface area (TPSA) is 215 Å². The smallest absolute Gasteiger partial charge is 0.251 e. The number of fused-ring (bicyclic) bond motifs is 2. The van der Waals surface area contributed by atoms with E-state index in [2.05, 4.69) is 44.0 Å². The molecule has 0 spiro atoms. The highest BCUT2D eigenvalue weighted by atomic mass is 16.2. The van der Waals surface area contributed by atoms with Gasteiger partial charge in [0.25, 0.3) is 11.8 Å². The van der Waals surface area contributed by atoms with Crippen molar-refractivity contribution < 1.29 is 38.4 Å². The van der Waals surface area contributed by atoms with Crippen molar-refractivity contribution in [2.75, 3.05) is 20.1 Å². The Morgan fingerprint density at radius 2 is 1.05 bits per heavy atom. The lowest BCUT2D eigenvalue weighted by molar-refractivity contribution is -0.146. The summed E-state index contributed by atoms with van der Waals surface area (Å²) in [5, 5.41) is 18.5. The molecule has 0 saturated carbocycles. The average molecular weight is 1040 g/mol. The predicted molar refractivity (Wildman–Crippen MR) is 292 cm³/mol. The first-order chi connectivity index (χ1) is 36.0. The van der Waals surface area contributed by atoms with E-state index in [4.69, 9.17) is 0 Å². The first-order valence-electron chi connectivity index (χ1n) is 27.6. The number of Topliss-reactive ketones (excluding diaryl/α,β-unsaturated/α-hetero) is 1. The number of benzene rings is 3. The number of likely N-dealkylation sites (tertiary alicyclic amines) is 2. The molecule has 7 rings (SSSR count). The molecule has 410 valence electrons. The summed E-state index contributed by atoms with van der Waals surface area (Å²) in [6.07, 6.45) is 6.02. The molecule has 2 fully saturated rings. The second kappa shape index (κ2) is 24.3. The van der Waals surface area contributed by atoms with Crippen LogP contribution in [0.2, 0.25) is 0 Å². The normalized spacial score (nSPS) is 22.9. The van der Waals surface area contributed by atoms with Crippen LogP contribution in [-0.2, 0) is 41.6 Å². The van der Waals surface area contributed by atoms with Gasteiger partial charge in [-0.2, -0.15) is 0 Å². The minimum absolute atomic E-state index is 0.0130. The molecule has 2 saturated heterocycles. The summed E-state index contributed by atoms with van der Waals surface area (Å²) in [5.74, 6) is -3.70. The van der Waals surface area contributed by atoms with Crippen LogP contribution in [0.1, 0.15) is 169 Å². The molecule has 2 heterocycles. The Hall–Kier alpha value is -6.42. The molecule has 1 unspecified atom stereocenters. The lowest BCUT2D eigenvalue weighted by Crippen LogP contribution is -2.58. The molecule has 7 amide bonds. The van der Waals surface area contributed by atoms with Gasteiger partial charge in [0.1, 0.15) is 23.9 Å². The Morgan fingerprint density at radius 1 is 0.605 bits per heavy atom. The molecule has 0 radical (unpaired) electrons. The number of nitrogens with zero attached hydrogens (tertiary/aromatic N) is 2. The van der Waals surface area contributed by atoms with E-state index in [-0.39, 0.29) is 90.9 Å². The fraction of sp³-hybridized carbons (Fsp3) is 0.567. The van der Waals surface area contributed by atoms with Gasteiger partial charge in [0.05, 0.1) is 18.1 Å². The number of carbonyl (C=O) groups is 8. The summed E-state index contributed by atoms with van der Waals surface area (Å²) in [4.78, 5) is 116. The molecular weight excluding hydrogens is 961 g/mol. The van der Waals surface area contributed by atoms with Crippen molar-refractivity contribution >= 4 is 47.1 Å². The quantitative estimate of drug-likeness (QED) is 0.0897.